The molecule has 1 radical (unpaired) electrons. The van der Waals surface area contributed by atoms with Crippen molar-refractivity contribution >= 4 is 57.1 Å². The lowest BCUT2D eigenvalue weighted by atomic mass is 10.1. The summed E-state index contributed by atoms with van der Waals surface area (Å²) in [5, 5.41) is 18.2. The number of carbonyl (C=O) groups is 2. The normalized spacial score (nSPS) is 9.74. The van der Waals surface area contributed by atoms with Crippen molar-refractivity contribution in [1.29, 1.82) is 5.26 Å². The Hall–Kier alpha value is -1.09. The Morgan fingerprint density at radius 2 is 1.95 bits per heavy atom. The molecule has 0 fully saturated rings. The smallest absolute Gasteiger partial charge is 0.335 e. The van der Waals surface area contributed by atoms with Crippen molar-refractivity contribution in [2.45, 2.75) is 6.42 Å². The molecule has 6 nitrogen and oxygen atoms in total. The molecule has 0 spiro atoms. The zero-order valence-corrected chi connectivity index (χ0v) is 13.7. The number of rotatable bonds is 3. The first-order valence-electron chi connectivity index (χ1n) is 4.90. The van der Waals surface area contributed by atoms with Crippen LogP contribution < -0.4 is 5.73 Å². The summed E-state index contributed by atoms with van der Waals surface area (Å²) in [5.41, 5.74) is 5.65. The minimum atomic E-state index is -1.11. The van der Waals surface area contributed by atoms with Crippen LogP contribution >= 0.6 is 45.2 Å². The van der Waals surface area contributed by atoms with E-state index >= 15 is 0 Å². The Kier molecular flexibility index (Phi) is 5.80. The summed E-state index contributed by atoms with van der Waals surface area (Å²) in [6.07, 6.45) is 2.82. The molecule has 3 amide bonds. The maximum absolute atomic E-state index is 11.5. The van der Waals surface area contributed by atoms with Gasteiger partial charge in [0.25, 0.3) is 0 Å². The zero-order chi connectivity index (χ0) is 14.6. The Morgan fingerprint density at radius 3 is 2.37 bits per heavy atom. The van der Waals surface area contributed by atoms with Crippen LogP contribution in [0.25, 0.3) is 0 Å². The number of nitrogens with two attached hydrogens (primary N) is 1. The summed E-state index contributed by atoms with van der Waals surface area (Å²) in [6, 6.07) is 2.31. The van der Waals surface area contributed by atoms with Crippen LogP contribution in [0.3, 0.4) is 0 Å². The number of hydrogen-bond acceptors (Lipinski definition) is 4. The van der Waals surface area contributed by atoms with Gasteiger partial charge in [0.15, 0.2) is 6.19 Å². The van der Waals surface area contributed by atoms with Gasteiger partial charge in [0.1, 0.15) is 5.75 Å². The van der Waals surface area contributed by atoms with Crippen molar-refractivity contribution in [1.82, 2.24) is 4.90 Å². The van der Waals surface area contributed by atoms with Gasteiger partial charge in [0.05, 0.1) is 13.6 Å². The number of hydrogen-bond donors (Lipinski definition) is 2. The van der Waals surface area contributed by atoms with E-state index in [2.05, 4.69) is 0 Å². The van der Waals surface area contributed by atoms with Crippen molar-refractivity contribution in [2.24, 2.45) is 5.73 Å². The predicted octanol–water partition coefficient (Wildman–Crippen LogP) is 1.74. The van der Waals surface area contributed by atoms with Gasteiger partial charge in [-0.1, -0.05) is 0 Å². The molecule has 3 N–H and O–H groups in total. The second kappa shape index (κ2) is 6.90. The van der Waals surface area contributed by atoms with E-state index in [4.69, 9.17) is 11.0 Å². The van der Waals surface area contributed by atoms with Crippen molar-refractivity contribution in [3.8, 4) is 11.9 Å². The number of urea groups is 1. The molecular weight excluding hydrogens is 476 g/mol. The molecule has 0 bridgehead atoms. The average Bonchev–Trinajstić information content (AvgIpc) is 2.33. The SMILES string of the molecule is N#CN(C(N)=O)C(=O)[CH]Cc1cc(I)c(O)c(I)c1. The van der Waals surface area contributed by atoms with Gasteiger partial charge in [-0.25, -0.2) is 4.79 Å². The molecule has 0 aliphatic carbocycles. The van der Waals surface area contributed by atoms with Gasteiger partial charge in [-0.15, -0.1) is 0 Å². The van der Waals surface area contributed by atoms with Crippen molar-refractivity contribution < 1.29 is 14.7 Å². The van der Waals surface area contributed by atoms with Gasteiger partial charge in [-0.05, 0) is 69.3 Å². The Bertz CT molecular complexity index is 546. The van der Waals surface area contributed by atoms with E-state index in [9.17, 15) is 14.7 Å². The van der Waals surface area contributed by atoms with E-state index in [1.165, 1.54) is 12.6 Å². The summed E-state index contributed by atoms with van der Waals surface area (Å²) >= 11 is 3.95. The Labute approximate surface area is 136 Å². The van der Waals surface area contributed by atoms with Crippen LogP contribution in [-0.4, -0.2) is 21.9 Å². The Balaban J connectivity index is 2.76. The van der Waals surface area contributed by atoms with E-state index in [-0.39, 0.29) is 17.1 Å². The number of amides is 3. The van der Waals surface area contributed by atoms with Crippen LogP contribution in [0.5, 0.6) is 5.75 Å². The number of aromatic hydroxyl groups is 1. The second-order valence-corrected chi connectivity index (χ2v) is 5.75. The first-order valence-corrected chi connectivity index (χ1v) is 7.06. The quantitative estimate of drug-likeness (QED) is 0.388. The van der Waals surface area contributed by atoms with E-state index < -0.39 is 11.9 Å². The maximum Gasteiger partial charge on any atom is 0.335 e. The number of phenolic OH excluding ortho intramolecular Hbond substituents is 1. The highest BCUT2D eigenvalue weighted by atomic mass is 127. The molecule has 19 heavy (non-hydrogen) atoms. The number of primary amides is 1. The van der Waals surface area contributed by atoms with Crippen LogP contribution in [0.2, 0.25) is 0 Å². The fourth-order valence-electron chi connectivity index (χ4n) is 1.24. The minimum Gasteiger partial charge on any atom is -0.506 e. The Morgan fingerprint density at radius 1 is 1.42 bits per heavy atom. The van der Waals surface area contributed by atoms with E-state index in [0.29, 0.717) is 7.14 Å². The molecule has 1 rings (SSSR count). The largest absolute Gasteiger partial charge is 0.506 e. The van der Waals surface area contributed by atoms with Gasteiger partial charge in [-0.2, -0.15) is 10.2 Å². The summed E-state index contributed by atoms with van der Waals surface area (Å²) in [5.74, 6) is -0.583. The van der Waals surface area contributed by atoms with Crippen LogP contribution in [0, 0.1) is 25.0 Å². The molecule has 0 aromatic heterocycles. The second-order valence-electron chi connectivity index (χ2n) is 3.43. The molecule has 99 valence electrons. The third-order valence-corrected chi connectivity index (χ3v) is 3.77. The third-order valence-electron chi connectivity index (χ3n) is 2.13. The zero-order valence-electron chi connectivity index (χ0n) is 9.43. The van der Waals surface area contributed by atoms with Crippen LogP contribution in [0.4, 0.5) is 4.79 Å². The summed E-state index contributed by atoms with van der Waals surface area (Å²) < 4.78 is 1.32. The van der Waals surface area contributed by atoms with E-state index in [0.717, 1.165) is 5.56 Å². The van der Waals surface area contributed by atoms with Gasteiger partial charge < -0.3 is 10.8 Å². The number of benzene rings is 1. The van der Waals surface area contributed by atoms with Crippen LogP contribution in [-0.2, 0) is 11.2 Å². The van der Waals surface area contributed by atoms with Crippen molar-refractivity contribution in [3.05, 3.63) is 31.3 Å². The van der Waals surface area contributed by atoms with Crippen molar-refractivity contribution in [2.75, 3.05) is 0 Å². The molecule has 0 aliphatic heterocycles. The molecule has 0 heterocycles. The first kappa shape index (κ1) is 16.0. The lowest BCUT2D eigenvalue weighted by Gasteiger charge is -2.09. The molecule has 0 saturated heterocycles. The molecule has 1 aromatic carbocycles. The van der Waals surface area contributed by atoms with Gasteiger partial charge in [0, 0.05) is 0 Å². The van der Waals surface area contributed by atoms with Crippen molar-refractivity contribution in [3.63, 3.8) is 0 Å². The number of halogens is 2. The number of phenols is 1. The number of imide groups is 1. The third kappa shape index (κ3) is 4.20. The highest BCUT2D eigenvalue weighted by molar-refractivity contribution is 14.1. The lowest BCUT2D eigenvalue weighted by Crippen LogP contribution is -2.37. The molecule has 0 aliphatic rings. The monoisotopic (exact) mass is 484 g/mol. The topological polar surface area (TPSA) is 107 Å². The highest BCUT2D eigenvalue weighted by Crippen LogP contribution is 2.27. The highest BCUT2D eigenvalue weighted by Gasteiger charge is 2.18. The predicted molar refractivity (Wildman–Crippen MR) is 83.6 cm³/mol. The fourth-order valence-corrected chi connectivity index (χ4v) is 3.14. The molecule has 0 atom stereocenters. The molecular formula is C11H8I2N3O3. The first-order chi connectivity index (χ1) is 8.86. The minimum absolute atomic E-state index is 0.187. The van der Waals surface area contributed by atoms with Crippen LogP contribution in [0.15, 0.2) is 12.1 Å². The summed E-state index contributed by atoms with van der Waals surface area (Å²) in [4.78, 5) is 22.6. The number of nitrogens with zero attached hydrogens (tertiary/aromatic N) is 2. The average molecular weight is 484 g/mol. The molecule has 0 saturated carbocycles. The van der Waals surface area contributed by atoms with Gasteiger partial charge >= 0.3 is 6.03 Å². The van der Waals surface area contributed by atoms with E-state index in [1.807, 2.05) is 45.2 Å². The summed E-state index contributed by atoms with van der Waals surface area (Å²) in [7, 11) is 0. The molecule has 0 unspecified atom stereocenters. The lowest BCUT2D eigenvalue weighted by molar-refractivity contribution is -0.122. The van der Waals surface area contributed by atoms with Crippen LogP contribution in [0.1, 0.15) is 5.56 Å². The number of nitriles is 1. The molecule has 8 heteroatoms. The standard InChI is InChI=1S/C11H8I2N3O3/c12-7-3-6(4-8(13)10(7)18)1-2-9(17)16(5-14)11(15)19/h2-4,18H,1H2,(H2,15,19). The molecule has 1 aromatic rings. The number of carbonyl (C=O) groups excluding carboxylic acids is 2. The van der Waals surface area contributed by atoms with E-state index in [1.54, 1.807) is 12.1 Å². The van der Waals surface area contributed by atoms with Gasteiger partial charge in [-0.3, -0.25) is 4.79 Å². The summed E-state index contributed by atoms with van der Waals surface area (Å²) in [6.45, 7) is 0. The fraction of sp³-hybridized carbons (Fsp3) is 0.0909. The van der Waals surface area contributed by atoms with Gasteiger partial charge in [0.2, 0.25) is 5.91 Å². The maximum atomic E-state index is 11.5.